The van der Waals surface area contributed by atoms with Crippen LogP contribution in [0.1, 0.15) is 26.7 Å². The Bertz CT molecular complexity index is 469. The number of nitrogens with two attached hydrogens (primary N) is 1. The van der Waals surface area contributed by atoms with Crippen molar-refractivity contribution in [1.82, 2.24) is 10.2 Å². The number of hydrogen-bond acceptors (Lipinski definition) is 5. The average molecular weight is 303 g/mol. The van der Waals surface area contributed by atoms with Crippen LogP contribution in [0.4, 0.5) is 0 Å². The molecule has 2 aliphatic heterocycles. The summed E-state index contributed by atoms with van der Waals surface area (Å²) in [7, 11) is -3.00. The molecule has 0 bridgehead atoms. The summed E-state index contributed by atoms with van der Waals surface area (Å²) < 4.78 is 23.1. The van der Waals surface area contributed by atoms with Gasteiger partial charge in [0.15, 0.2) is 9.84 Å². The summed E-state index contributed by atoms with van der Waals surface area (Å²) in [5.41, 5.74) is 5.35. The number of likely N-dealkylation sites (tertiary alicyclic amines) is 1. The number of sulfone groups is 1. The summed E-state index contributed by atoms with van der Waals surface area (Å²) in [5.74, 6) is 0.594. The van der Waals surface area contributed by atoms with E-state index in [1.54, 1.807) is 6.92 Å². The molecule has 20 heavy (non-hydrogen) atoms. The second-order valence-electron chi connectivity index (χ2n) is 6.75. The lowest BCUT2D eigenvalue weighted by molar-refractivity contribution is -0.124. The predicted molar refractivity (Wildman–Crippen MR) is 78.0 cm³/mol. The maximum absolute atomic E-state index is 12.1. The van der Waals surface area contributed by atoms with Crippen molar-refractivity contribution in [2.75, 3.05) is 31.1 Å². The van der Waals surface area contributed by atoms with Gasteiger partial charge < -0.3 is 11.1 Å². The third kappa shape index (κ3) is 4.17. The molecular weight excluding hydrogens is 278 g/mol. The average Bonchev–Trinajstić information content (AvgIpc) is 2.50. The molecule has 0 aromatic heterocycles. The van der Waals surface area contributed by atoms with E-state index in [0.29, 0.717) is 18.9 Å². The molecule has 2 saturated heterocycles. The zero-order valence-corrected chi connectivity index (χ0v) is 13.1. The first kappa shape index (κ1) is 15.7. The topological polar surface area (TPSA) is 92.5 Å². The summed E-state index contributed by atoms with van der Waals surface area (Å²) in [6.07, 6.45) is 1.49. The van der Waals surface area contributed by atoms with Gasteiger partial charge in [0.25, 0.3) is 0 Å². The van der Waals surface area contributed by atoms with Crippen LogP contribution in [0.2, 0.25) is 0 Å². The van der Waals surface area contributed by atoms with Crippen LogP contribution in [-0.4, -0.2) is 61.9 Å². The molecule has 1 amide bonds. The molecule has 0 saturated carbocycles. The summed E-state index contributed by atoms with van der Waals surface area (Å²) in [6.45, 7) is 5.84. The number of hydrogen-bond donors (Lipinski definition) is 2. The van der Waals surface area contributed by atoms with Crippen molar-refractivity contribution in [2.45, 2.75) is 38.3 Å². The molecule has 3 atom stereocenters. The smallest absolute Gasteiger partial charge is 0.234 e. The predicted octanol–water partition coefficient (Wildman–Crippen LogP) is -0.651. The molecule has 2 aliphatic rings. The van der Waals surface area contributed by atoms with Gasteiger partial charge in [-0.05, 0) is 25.7 Å². The van der Waals surface area contributed by atoms with Gasteiger partial charge in [0.1, 0.15) is 0 Å². The maximum Gasteiger partial charge on any atom is 0.234 e. The van der Waals surface area contributed by atoms with Crippen LogP contribution in [0, 0.1) is 5.92 Å². The Morgan fingerprint density at radius 2 is 2.15 bits per heavy atom. The van der Waals surface area contributed by atoms with E-state index in [4.69, 9.17) is 5.73 Å². The second kappa shape index (κ2) is 5.61. The highest BCUT2D eigenvalue weighted by Gasteiger charge is 2.39. The van der Waals surface area contributed by atoms with Gasteiger partial charge in [-0.15, -0.1) is 0 Å². The van der Waals surface area contributed by atoms with Crippen LogP contribution in [0.3, 0.4) is 0 Å². The van der Waals surface area contributed by atoms with Gasteiger partial charge in [-0.25, -0.2) is 8.42 Å². The van der Waals surface area contributed by atoms with Crippen LogP contribution in [0.25, 0.3) is 0 Å². The SMILES string of the molecule is CC1CC(N)CN(CC(=O)NC2(C)CCS(=O)(=O)C2)C1. The number of carbonyl (C=O) groups is 1. The van der Waals surface area contributed by atoms with Gasteiger partial charge >= 0.3 is 0 Å². The van der Waals surface area contributed by atoms with E-state index < -0.39 is 15.4 Å². The van der Waals surface area contributed by atoms with Crippen molar-refractivity contribution in [1.29, 1.82) is 0 Å². The van der Waals surface area contributed by atoms with E-state index in [0.717, 1.165) is 19.5 Å². The van der Waals surface area contributed by atoms with Crippen LogP contribution < -0.4 is 11.1 Å². The third-order valence-corrected chi connectivity index (χ3v) is 5.98. The Balaban J connectivity index is 1.87. The molecule has 0 spiro atoms. The van der Waals surface area contributed by atoms with Crippen molar-refractivity contribution >= 4 is 15.7 Å². The first-order chi connectivity index (χ1) is 9.17. The lowest BCUT2D eigenvalue weighted by Crippen LogP contribution is -2.53. The normalized spacial score (nSPS) is 37.8. The summed E-state index contributed by atoms with van der Waals surface area (Å²) in [4.78, 5) is 14.2. The van der Waals surface area contributed by atoms with E-state index in [9.17, 15) is 13.2 Å². The third-order valence-electron chi connectivity index (χ3n) is 4.08. The number of carbonyl (C=O) groups excluding carboxylic acids is 1. The van der Waals surface area contributed by atoms with E-state index in [2.05, 4.69) is 17.1 Å². The lowest BCUT2D eigenvalue weighted by Gasteiger charge is -2.35. The van der Waals surface area contributed by atoms with Crippen LogP contribution in [-0.2, 0) is 14.6 Å². The molecule has 0 aromatic carbocycles. The fourth-order valence-electron chi connectivity index (χ4n) is 3.33. The fourth-order valence-corrected chi connectivity index (χ4v) is 5.42. The number of nitrogens with zero attached hydrogens (tertiary/aromatic N) is 1. The first-order valence-corrected chi connectivity index (χ1v) is 8.99. The fraction of sp³-hybridized carbons (Fsp3) is 0.923. The molecule has 0 radical (unpaired) electrons. The number of nitrogens with one attached hydrogen (secondary N) is 1. The van der Waals surface area contributed by atoms with Crippen LogP contribution in [0.5, 0.6) is 0 Å². The van der Waals surface area contributed by atoms with Crippen molar-refractivity contribution in [3.05, 3.63) is 0 Å². The Labute approximate surface area is 121 Å². The van der Waals surface area contributed by atoms with Crippen molar-refractivity contribution in [2.24, 2.45) is 11.7 Å². The molecular formula is C13H25N3O3S. The Hall–Kier alpha value is -0.660. The minimum Gasteiger partial charge on any atom is -0.349 e. The Morgan fingerprint density at radius 1 is 1.45 bits per heavy atom. The zero-order valence-electron chi connectivity index (χ0n) is 12.3. The minimum absolute atomic E-state index is 0.0433. The molecule has 116 valence electrons. The van der Waals surface area contributed by atoms with Gasteiger partial charge in [-0.2, -0.15) is 0 Å². The highest BCUT2D eigenvalue weighted by Crippen LogP contribution is 2.23. The Kier molecular flexibility index (Phi) is 4.41. The van der Waals surface area contributed by atoms with E-state index in [1.807, 2.05) is 0 Å². The van der Waals surface area contributed by atoms with Gasteiger partial charge in [-0.3, -0.25) is 9.69 Å². The summed E-state index contributed by atoms with van der Waals surface area (Å²) in [6, 6.07) is 0.119. The van der Waals surface area contributed by atoms with Gasteiger partial charge in [-0.1, -0.05) is 6.92 Å². The molecule has 7 heteroatoms. The summed E-state index contributed by atoms with van der Waals surface area (Å²) in [5, 5.41) is 2.89. The number of amides is 1. The number of piperidine rings is 1. The largest absolute Gasteiger partial charge is 0.349 e. The molecule has 3 N–H and O–H groups in total. The summed E-state index contributed by atoms with van der Waals surface area (Å²) >= 11 is 0. The Morgan fingerprint density at radius 3 is 2.70 bits per heavy atom. The van der Waals surface area contributed by atoms with Crippen LogP contribution >= 0.6 is 0 Å². The van der Waals surface area contributed by atoms with E-state index in [-0.39, 0.29) is 23.5 Å². The van der Waals surface area contributed by atoms with Gasteiger partial charge in [0.2, 0.25) is 5.91 Å². The standard InChI is InChI=1S/C13H25N3O3S/c1-10-5-11(14)7-16(6-10)8-12(17)15-13(2)3-4-20(18,19)9-13/h10-11H,3-9,14H2,1-2H3,(H,15,17). The highest BCUT2D eigenvalue weighted by atomic mass is 32.2. The molecule has 2 rings (SSSR count). The maximum atomic E-state index is 12.1. The molecule has 0 aromatic rings. The second-order valence-corrected chi connectivity index (χ2v) is 8.93. The van der Waals surface area contributed by atoms with Gasteiger partial charge in [0, 0.05) is 19.1 Å². The van der Waals surface area contributed by atoms with Crippen molar-refractivity contribution in [3.63, 3.8) is 0 Å². The molecule has 6 nitrogen and oxygen atoms in total. The van der Waals surface area contributed by atoms with Crippen LogP contribution in [0.15, 0.2) is 0 Å². The first-order valence-electron chi connectivity index (χ1n) is 7.17. The quantitative estimate of drug-likeness (QED) is 0.723. The number of rotatable bonds is 3. The molecule has 3 unspecified atom stereocenters. The van der Waals surface area contributed by atoms with Crippen molar-refractivity contribution < 1.29 is 13.2 Å². The lowest BCUT2D eigenvalue weighted by atomic mass is 9.96. The molecule has 2 heterocycles. The molecule has 0 aliphatic carbocycles. The van der Waals surface area contributed by atoms with Crippen molar-refractivity contribution in [3.8, 4) is 0 Å². The highest BCUT2D eigenvalue weighted by molar-refractivity contribution is 7.91. The monoisotopic (exact) mass is 303 g/mol. The van der Waals surface area contributed by atoms with E-state index >= 15 is 0 Å². The molecule has 2 fully saturated rings. The van der Waals surface area contributed by atoms with E-state index in [1.165, 1.54) is 0 Å². The minimum atomic E-state index is -3.00. The zero-order chi connectivity index (χ0) is 15.0. The van der Waals surface area contributed by atoms with Gasteiger partial charge in [0.05, 0.1) is 23.6 Å².